The first-order chi connectivity index (χ1) is 11.5. The third kappa shape index (κ3) is 4.32. The number of piperidine rings is 1. The molecular formula is C17H22ClNO5. The van der Waals surface area contributed by atoms with E-state index in [9.17, 15) is 9.59 Å². The summed E-state index contributed by atoms with van der Waals surface area (Å²) in [5.41, 5.74) is 0.442. The van der Waals surface area contributed by atoms with Gasteiger partial charge in [-0.2, -0.15) is 0 Å². The van der Waals surface area contributed by atoms with E-state index in [-0.39, 0.29) is 18.2 Å². The van der Waals surface area contributed by atoms with Crippen LogP contribution in [0.2, 0.25) is 5.02 Å². The fraction of sp³-hybridized carbons (Fsp3) is 0.529. The Hall–Kier alpha value is -1.95. The number of carboxylic acids is 1. The van der Waals surface area contributed by atoms with Crippen LogP contribution in [0.1, 0.15) is 36.5 Å². The van der Waals surface area contributed by atoms with Gasteiger partial charge >= 0.3 is 5.97 Å². The third-order valence-electron chi connectivity index (χ3n) is 4.13. The second kappa shape index (κ2) is 8.24. The number of likely N-dealkylation sites (tertiary alicyclic amines) is 1. The number of ether oxygens (including phenoxy) is 2. The van der Waals surface area contributed by atoms with Crippen LogP contribution in [0.5, 0.6) is 11.5 Å². The summed E-state index contributed by atoms with van der Waals surface area (Å²) in [5.74, 6) is 0.0617. The Balaban J connectivity index is 2.10. The van der Waals surface area contributed by atoms with E-state index in [0.29, 0.717) is 54.6 Å². The fourth-order valence-corrected chi connectivity index (χ4v) is 3.16. The summed E-state index contributed by atoms with van der Waals surface area (Å²) in [7, 11) is 1.50. The van der Waals surface area contributed by atoms with Crippen LogP contribution in [0, 0.1) is 5.92 Å². The van der Waals surface area contributed by atoms with Crippen LogP contribution in [0.3, 0.4) is 0 Å². The van der Waals surface area contributed by atoms with Gasteiger partial charge in [0, 0.05) is 25.1 Å². The van der Waals surface area contributed by atoms with Gasteiger partial charge in [0.05, 0.1) is 18.7 Å². The van der Waals surface area contributed by atoms with Gasteiger partial charge < -0.3 is 19.5 Å². The minimum absolute atomic E-state index is 0.130. The highest BCUT2D eigenvalue weighted by atomic mass is 35.5. The molecule has 6 nitrogen and oxygen atoms in total. The van der Waals surface area contributed by atoms with E-state index >= 15 is 0 Å². The highest BCUT2D eigenvalue weighted by Crippen LogP contribution is 2.37. The summed E-state index contributed by atoms with van der Waals surface area (Å²) < 4.78 is 10.7. The minimum atomic E-state index is -0.789. The Labute approximate surface area is 146 Å². The SMILES string of the molecule is CCOc1c(Cl)cc(C(=O)N2CCC(CC(=O)O)CC2)cc1OC. The number of carboxylic acid groups (broad SMARTS) is 1. The lowest BCUT2D eigenvalue weighted by atomic mass is 9.93. The molecule has 24 heavy (non-hydrogen) atoms. The van der Waals surface area contributed by atoms with Gasteiger partial charge in [0.1, 0.15) is 0 Å². The fourth-order valence-electron chi connectivity index (χ4n) is 2.90. The molecule has 0 radical (unpaired) electrons. The molecule has 2 rings (SSSR count). The van der Waals surface area contributed by atoms with Crippen molar-refractivity contribution in [2.45, 2.75) is 26.2 Å². The van der Waals surface area contributed by atoms with Crippen LogP contribution in [0.4, 0.5) is 0 Å². The molecule has 1 N–H and O–H groups in total. The van der Waals surface area contributed by atoms with Crippen LogP contribution < -0.4 is 9.47 Å². The van der Waals surface area contributed by atoms with Gasteiger partial charge in [0.15, 0.2) is 11.5 Å². The van der Waals surface area contributed by atoms with Gasteiger partial charge in [-0.15, -0.1) is 0 Å². The molecule has 0 saturated carbocycles. The van der Waals surface area contributed by atoms with Crippen LogP contribution in [0.25, 0.3) is 0 Å². The molecule has 0 unspecified atom stereocenters. The van der Waals surface area contributed by atoms with Crippen molar-refractivity contribution in [3.63, 3.8) is 0 Å². The van der Waals surface area contributed by atoms with Crippen molar-refractivity contribution in [1.29, 1.82) is 0 Å². The third-order valence-corrected chi connectivity index (χ3v) is 4.41. The maximum absolute atomic E-state index is 12.7. The van der Waals surface area contributed by atoms with Crippen LogP contribution in [-0.4, -0.2) is 48.7 Å². The van der Waals surface area contributed by atoms with Gasteiger partial charge in [-0.05, 0) is 37.8 Å². The number of benzene rings is 1. The smallest absolute Gasteiger partial charge is 0.303 e. The Kier molecular flexibility index (Phi) is 6.31. The molecule has 1 amide bonds. The lowest BCUT2D eigenvalue weighted by Gasteiger charge is -2.31. The summed E-state index contributed by atoms with van der Waals surface area (Å²) in [6.07, 6.45) is 1.55. The molecule has 0 spiro atoms. The highest BCUT2D eigenvalue weighted by Gasteiger charge is 2.26. The number of hydrogen-bond acceptors (Lipinski definition) is 4. The van der Waals surface area contributed by atoms with E-state index < -0.39 is 5.97 Å². The van der Waals surface area contributed by atoms with E-state index in [0.717, 1.165) is 0 Å². The first-order valence-electron chi connectivity index (χ1n) is 7.97. The first-order valence-corrected chi connectivity index (χ1v) is 8.35. The number of methoxy groups -OCH3 is 1. The summed E-state index contributed by atoms with van der Waals surface area (Å²) in [6.45, 7) is 3.38. The normalized spacial score (nSPS) is 15.2. The van der Waals surface area contributed by atoms with Crippen molar-refractivity contribution in [2.75, 3.05) is 26.8 Å². The molecule has 1 aliphatic heterocycles. The Morgan fingerprint density at radius 3 is 2.54 bits per heavy atom. The second-order valence-corrected chi connectivity index (χ2v) is 6.16. The Morgan fingerprint density at radius 1 is 1.33 bits per heavy atom. The predicted octanol–water partition coefficient (Wildman–Crippen LogP) is 3.07. The number of hydrogen-bond donors (Lipinski definition) is 1. The number of rotatable bonds is 6. The molecule has 1 heterocycles. The van der Waals surface area contributed by atoms with Crippen molar-refractivity contribution in [1.82, 2.24) is 4.90 Å². The molecule has 0 aliphatic carbocycles. The molecule has 1 saturated heterocycles. The molecule has 0 aromatic heterocycles. The average Bonchev–Trinajstić information content (AvgIpc) is 2.56. The highest BCUT2D eigenvalue weighted by molar-refractivity contribution is 6.32. The number of halogens is 1. The number of carbonyl (C=O) groups excluding carboxylic acids is 1. The zero-order valence-corrected chi connectivity index (χ0v) is 14.6. The number of nitrogens with zero attached hydrogens (tertiary/aromatic N) is 1. The van der Waals surface area contributed by atoms with E-state index in [1.165, 1.54) is 7.11 Å². The summed E-state index contributed by atoms with van der Waals surface area (Å²) in [5, 5.41) is 9.19. The topological polar surface area (TPSA) is 76.1 Å². The van der Waals surface area contributed by atoms with E-state index in [1.54, 1.807) is 17.0 Å². The monoisotopic (exact) mass is 355 g/mol. The van der Waals surface area contributed by atoms with Crippen molar-refractivity contribution in [3.8, 4) is 11.5 Å². The van der Waals surface area contributed by atoms with Crippen molar-refractivity contribution < 1.29 is 24.2 Å². The predicted molar refractivity (Wildman–Crippen MR) is 90.1 cm³/mol. The van der Waals surface area contributed by atoms with Gasteiger partial charge in [-0.1, -0.05) is 11.6 Å². The standard InChI is InChI=1S/C17H22ClNO5/c1-3-24-16-13(18)9-12(10-14(16)23-2)17(22)19-6-4-11(5-7-19)8-15(20)21/h9-11H,3-8H2,1-2H3,(H,20,21). The maximum atomic E-state index is 12.7. The first kappa shape index (κ1) is 18.4. The molecule has 132 valence electrons. The molecule has 1 aromatic carbocycles. The largest absolute Gasteiger partial charge is 0.493 e. The molecule has 1 aliphatic rings. The van der Waals surface area contributed by atoms with E-state index in [2.05, 4.69) is 0 Å². The summed E-state index contributed by atoms with van der Waals surface area (Å²) in [6, 6.07) is 3.21. The van der Waals surface area contributed by atoms with Gasteiger partial charge in [0.2, 0.25) is 0 Å². The zero-order chi connectivity index (χ0) is 17.7. The van der Waals surface area contributed by atoms with Gasteiger partial charge in [0.25, 0.3) is 5.91 Å². The lowest BCUT2D eigenvalue weighted by molar-refractivity contribution is -0.138. The molecule has 7 heteroatoms. The van der Waals surface area contributed by atoms with Gasteiger partial charge in [-0.25, -0.2) is 0 Å². The molecule has 0 atom stereocenters. The molecule has 1 fully saturated rings. The summed E-state index contributed by atoms with van der Waals surface area (Å²) >= 11 is 6.21. The second-order valence-electron chi connectivity index (χ2n) is 5.76. The maximum Gasteiger partial charge on any atom is 0.303 e. The van der Waals surface area contributed by atoms with Crippen LogP contribution in [0.15, 0.2) is 12.1 Å². The number of aliphatic carboxylic acids is 1. The minimum Gasteiger partial charge on any atom is -0.493 e. The number of amides is 1. The van der Waals surface area contributed by atoms with Crippen molar-refractivity contribution in [3.05, 3.63) is 22.7 Å². The van der Waals surface area contributed by atoms with E-state index in [1.807, 2.05) is 6.92 Å². The van der Waals surface area contributed by atoms with Gasteiger partial charge in [-0.3, -0.25) is 9.59 Å². The quantitative estimate of drug-likeness (QED) is 0.848. The van der Waals surface area contributed by atoms with E-state index in [4.69, 9.17) is 26.2 Å². The summed E-state index contributed by atoms with van der Waals surface area (Å²) in [4.78, 5) is 25.2. The zero-order valence-electron chi connectivity index (χ0n) is 13.9. The van der Waals surface area contributed by atoms with Crippen LogP contribution >= 0.6 is 11.6 Å². The Bertz CT molecular complexity index is 611. The average molecular weight is 356 g/mol. The Morgan fingerprint density at radius 2 is 2.00 bits per heavy atom. The van der Waals surface area contributed by atoms with Crippen LogP contribution in [-0.2, 0) is 4.79 Å². The molecule has 1 aromatic rings. The van der Waals surface area contributed by atoms with Crippen molar-refractivity contribution in [2.24, 2.45) is 5.92 Å². The lowest BCUT2D eigenvalue weighted by Crippen LogP contribution is -2.38. The number of carbonyl (C=O) groups is 2. The van der Waals surface area contributed by atoms with Crippen molar-refractivity contribution >= 4 is 23.5 Å². The molecule has 0 bridgehead atoms. The molecular weight excluding hydrogens is 334 g/mol.